The molecule has 2 heterocycles. The van der Waals surface area contributed by atoms with Gasteiger partial charge in [0.05, 0.1) is 23.8 Å². The number of hydrogen-bond acceptors (Lipinski definition) is 5. The highest BCUT2D eigenvalue weighted by Gasteiger charge is 2.17. The lowest BCUT2D eigenvalue weighted by molar-refractivity contribution is 0.0959. The minimum Gasteiger partial charge on any atom is -0.378 e. The van der Waals surface area contributed by atoms with Crippen molar-refractivity contribution < 1.29 is 9.53 Å². The number of benzene rings is 1. The van der Waals surface area contributed by atoms with E-state index in [1.54, 1.807) is 11.3 Å². The molecule has 142 valence electrons. The second kappa shape index (κ2) is 8.23. The molecule has 0 unspecified atom stereocenters. The van der Waals surface area contributed by atoms with Crippen LogP contribution < -0.4 is 10.3 Å². The molecule has 0 saturated carbocycles. The standard InChI is InChI=1S/C21H25N3O2S/c1-15(16-6-8-18(9-7-16)24-10-12-26-13-11-24)22-23-21(25)20-14-17-4-2-3-5-19(17)27-20/h6-9,14H,2-5,10-13H2,1H3,(H,23,25). The van der Waals surface area contributed by atoms with Gasteiger partial charge in [0.1, 0.15) is 0 Å². The number of nitrogens with one attached hydrogen (secondary N) is 1. The Morgan fingerprint density at radius 3 is 2.63 bits per heavy atom. The van der Waals surface area contributed by atoms with Crippen LogP contribution in [-0.4, -0.2) is 37.9 Å². The first kappa shape index (κ1) is 18.2. The van der Waals surface area contributed by atoms with Crippen LogP contribution in [0.3, 0.4) is 0 Å². The van der Waals surface area contributed by atoms with Crippen molar-refractivity contribution in [3.63, 3.8) is 0 Å². The highest BCUT2D eigenvalue weighted by molar-refractivity contribution is 7.14. The van der Waals surface area contributed by atoms with Gasteiger partial charge in [-0.05, 0) is 61.9 Å². The Labute approximate surface area is 164 Å². The average Bonchev–Trinajstić information content (AvgIpc) is 3.17. The number of ether oxygens (including phenoxy) is 1. The quantitative estimate of drug-likeness (QED) is 0.648. The summed E-state index contributed by atoms with van der Waals surface area (Å²) in [6.07, 6.45) is 4.65. The van der Waals surface area contributed by atoms with Crippen molar-refractivity contribution in [3.8, 4) is 0 Å². The lowest BCUT2D eigenvalue weighted by atomic mass is 9.99. The molecule has 0 radical (unpaired) electrons. The number of morpholine rings is 1. The van der Waals surface area contributed by atoms with Gasteiger partial charge in [0, 0.05) is 23.7 Å². The summed E-state index contributed by atoms with van der Waals surface area (Å²) in [6, 6.07) is 10.4. The Balaban J connectivity index is 1.39. The van der Waals surface area contributed by atoms with Crippen molar-refractivity contribution in [1.82, 2.24) is 5.43 Å². The summed E-state index contributed by atoms with van der Waals surface area (Å²) in [5.41, 5.74) is 7.07. The molecular formula is C21H25N3O2S. The van der Waals surface area contributed by atoms with Crippen LogP contribution in [0.2, 0.25) is 0 Å². The Bertz CT molecular complexity index is 812. The van der Waals surface area contributed by atoms with Gasteiger partial charge in [0.25, 0.3) is 5.91 Å². The van der Waals surface area contributed by atoms with Crippen LogP contribution in [0.1, 0.15) is 45.4 Å². The molecular weight excluding hydrogens is 358 g/mol. The largest absolute Gasteiger partial charge is 0.378 e. The monoisotopic (exact) mass is 383 g/mol. The molecule has 5 nitrogen and oxygen atoms in total. The Kier molecular flexibility index (Phi) is 5.55. The minimum absolute atomic E-state index is 0.112. The van der Waals surface area contributed by atoms with Gasteiger partial charge in [-0.1, -0.05) is 12.1 Å². The van der Waals surface area contributed by atoms with Crippen LogP contribution in [0.5, 0.6) is 0 Å². The first-order valence-corrected chi connectivity index (χ1v) is 10.4. The summed E-state index contributed by atoms with van der Waals surface area (Å²) in [6.45, 7) is 5.32. The SMILES string of the molecule is CC(=NNC(=O)c1cc2c(s1)CCCC2)c1ccc(N2CCOCC2)cc1. The molecule has 1 saturated heterocycles. The Morgan fingerprint density at radius 1 is 1.15 bits per heavy atom. The van der Waals surface area contributed by atoms with Crippen molar-refractivity contribution in [1.29, 1.82) is 0 Å². The smallest absolute Gasteiger partial charge is 0.281 e. The highest BCUT2D eigenvalue weighted by atomic mass is 32.1. The van der Waals surface area contributed by atoms with Crippen LogP contribution in [0.4, 0.5) is 5.69 Å². The van der Waals surface area contributed by atoms with Gasteiger partial charge in [-0.25, -0.2) is 5.43 Å². The normalized spacial score (nSPS) is 17.5. The molecule has 1 fully saturated rings. The molecule has 1 aromatic heterocycles. The van der Waals surface area contributed by atoms with Crippen molar-refractivity contribution in [2.75, 3.05) is 31.2 Å². The number of amides is 1. The maximum Gasteiger partial charge on any atom is 0.281 e. The van der Waals surface area contributed by atoms with Crippen molar-refractivity contribution in [2.45, 2.75) is 32.6 Å². The maximum absolute atomic E-state index is 12.4. The third-order valence-corrected chi connectivity index (χ3v) is 6.44. The van der Waals surface area contributed by atoms with Gasteiger partial charge in [-0.2, -0.15) is 5.10 Å². The van der Waals surface area contributed by atoms with Crippen LogP contribution in [0.15, 0.2) is 35.4 Å². The van der Waals surface area contributed by atoms with Gasteiger partial charge in [0.15, 0.2) is 0 Å². The van der Waals surface area contributed by atoms with E-state index in [0.717, 1.165) is 55.3 Å². The topological polar surface area (TPSA) is 53.9 Å². The van der Waals surface area contributed by atoms with E-state index in [2.05, 4.69) is 39.7 Å². The molecule has 1 aliphatic heterocycles. The molecule has 1 aliphatic carbocycles. The molecule has 2 aromatic rings. The van der Waals surface area contributed by atoms with Crippen LogP contribution >= 0.6 is 11.3 Å². The average molecular weight is 384 g/mol. The molecule has 0 spiro atoms. The molecule has 0 atom stereocenters. The number of nitrogens with zero attached hydrogens (tertiary/aromatic N) is 2. The molecule has 1 aromatic carbocycles. The van der Waals surface area contributed by atoms with E-state index in [4.69, 9.17) is 4.74 Å². The van der Waals surface area contributed by atoms with E-state index in [1.807, 2.05) is 13.0 Å². The molecule has 6 heteroatoms. The number of carbonyl (C=O) groups excluding carboxylic acids is 1. The first-order valence-electron chi connectivity index (χ1n) is 9.60. The third kappa shape index (κ3) is 4.22. The molecule has 0 bridgehead atoms. The lowest BCUT2D eigenvalue weighted by Crippen LogP contribution is -2.36. The summed E-state index contributed by atoms with van der Waals surface area (Å²) in [5.74, 6) is -0.112. The first-order chi connectivity index (χ1) is 13.2. The van der Waals surface area contributed by atoms with Gasteiger partial charge < -0.3 is 9.64 Å². The van der Waals surface area contributed by atoms with Gasteiger partial charge in [-0.15, -0.1) is 11.3 Å². The number of aryl methyl sites for hydroxylation is 2. The Hall–Kier alpha value is -2.18. The fourth-order valence-electron chi connectivity index (χ4n) is 3.59. The summed E-state index contributed by atoms with van der Waals surface area (Å²) >= 11 is 1.61. The predicted molar refractivity (Wildman–Crippen MR) is 110 cm³/mol. The molecule has 27 heavy (non-hydrogen) atoms. The van der Waals surface area contributed by atoms with Crippen molar-refractivity contribution >= 4 is 28.6 Å². The van der Waals surface area contributed by atoms with Crippen LogP contribution in [-0.2, 0) is 17.6 Å². The number of fused-ring (bicyclic) bond motifs is 1. The second-order valence-electron chi connectivity index (χ2n) is 7.05. The summed E-state index contributed by atoms with van der Waals surface area (Å²) in [4.78, 5) is 16.9. The zero-order valence-corrected chi connectivity index (χ0v) is 16.5. The molecule has 1 N–H and O–H groups in total. The number of carbonyl (C=O) groups is 1. The predicted octanol–water partition coefficient (Wildman–Crippen LogP) is 3.62. The molecule has 2 aliphatic rings. The van der Waals surface area contributed by atoms with Gasteiger partial charge in [-0.3, -0.25) is 4.79 Å². The number of hydrazone groups is 1. The van der Waals surface area contributed by atoms with Gasteiger partial charge in [0.2, 0.25) is 0 Å². The summed E-state index contributed by atoms with van der Waals surface area (Å²) < 4.78 is 5.40. The maximum atomic E-state index is 12.4. The summed E-state index contributed by atoms with van der Waals surface area (Å²) in [7, 11) is 0. The van der Waals surface area contributed by atoms with Gasteiger partial charge >= 0.3 is 0 Å². The zero-order chi connectivity index (χ0) is 18.6. The number of hydrogen-bond donors (Lipinski definition) is 1. The Morgan fingerprint density at radius 2 is 1.89 bits per heavy atom. The van der Waals surface area contributed by atoms with E-state index in [9.17, 15) is 4.79 Å². The molecule has 4 rings (SSSR count). The molecule has 1 amide bonds. The number of rotatable bonds is 4. The fourth-order valence-corrected chi connectivity index (χ4v) is 4.74. The highest BCUT2D eigenvalue weighted by Crippen LogP contribution is 2.29. The lowest BCUT2D eigenvalue weighted by Gasteiger charge is -2.28. The van der Waals surface area contributed by atoms with Crippen molar-refractivity contribution in [2.24, 2.45) is 5.10 Å². The minimum atomic E-state index is -0.112. The van der Waals surface area contributed by atoms with E-state index in [0.29, 0.717) is 0 Å². The number of anilines is 1. The van der Waals surface area contributed by atoms with E-state index < -0.39 is 0 Å². The second-order valence-corrected chi connectivity index (χ2v) is 8.19. The van der Waals surface area contributed by atoms with Crippen LogP contribution in [0, 0.1) is 0 Å². The van der Waals surface area contributed by atoms with Crippen LogP contribution in [0.25, 0.3) is 0 Å². The zero-order valence-electron chi connectivity index (χ0n) is 15.7. The van der Waals surface area contributed by atoms with E-state index in [1.165, 1.54) is 29.0 Å². The summed E-state index contributed by atoms with van der Waals surface area (Å²) in [5, 5.41) is 4.31. The van der Waals surface area contributed by atoms with Crippen molar-refractivity contribution in [3.05, 3.63) is 51.2 Å². The third-order valence-electron chi connectivity index (χ3n) is 5.21. The number of thiophene rings is 1. The fraction of sp³-hybridized carbons (Fsp3) is 0.429. The van der Waals surface area contributed by atoms with E-state index >= 15 is 0 Å². The van der Waals surface area contributed by atoms with E-state index in [-0.39, 0.29) is 5.91 Å².